The van der Waals surface area contributed by atoms with E-state index in [9.17, 15) is 14.7 Å². The molecule has 0 spiro atoms. The van der Waals surface area contributed by atoms with Crippen LogP contribution in [0.15, 0.2) is 18.2 Å². The average Bonchev–Trinajstić information content (AvgIpc) is 2.87. The molecule has 25 heavy (non-hydrogen) atoms. The number of aromatic carboxylic acids is 1. The van der Waals surface area contributed by atoms with E-state index < -0.39 is 18.0 Å². The Labute approximate surface area is 147 Å². The Morgan fingerprint density at radius 2 is 1.80 bits per heavy atom. The molecule has 0 unspecified atom stereocenters. The maximum atomic E-state index is 12.3. The minimum Gasteiger partial charge on any atom is -0.497 e. The Kier molecular flexibility index (Phi) is 7.21. The first-order chi connectivity index (χ1) is 12.0. The molecule has 1 atom stereocenters. The Bertz CT molecular complexity index is 597. The molecule has 7 heteroatoms. The molecule has 1 aromatic rings. The van der Waals surface area contributed by atoms with Gasteiger partial charge in [-0.05, 0) is 44.1 Å². The van der Waals surface area contributed by atoms with Gasteiger partial charge in [-0.15, -0.1) is 0 Å². The second kappa shape index (κ2) is 9.39. The zero-order valence-electron chi connectivity index (χ0n) is 14.5. The van der Waals surface area contributed by atoms with Crippen LogP contribution in [0.25, 0.3) is 0 Å². The number of carboxylic acids is 1. The lowest BCUT2D eigenvalue weighted by atomic mass is 10.1. The fourth-order valence-electron chi connectivity index (χ4n) is 2.97. The summed E-state index contributed by atoms with van der Waals surface area (Å²) in [5.74, 6) is -1.26. The second-order valence-corrected chi connectivity index (χ2v) is 6.33. The van der Waals surface area contributed by atoms with Gasteiger partial charge in [0.2, 0.25) is 0 Å². The molecular weight excluding hydrogens is 324 g/mol. The molecule has 1 aliphatic heterocycles. The predicted octanol–water partition coefficient (Wildman–Crippen LogP) is 1.36. The molecule has 0 aliphatic carbocycles. The first-order valence-electron chi connectivity index (χ1n) is 8.60. The van der Waals surface area contributed by atoms with Gasteiger partial charge in [0.1, 0.15) is 5.75 Å². The average molecular weight is 350 g/mol. The summed E-state index contributed by atoms with van der Waals surface area (Å²) in [5, 5.41) is 21.9. The van der Waals surface area contributed by atoms with Crippen molar-refractivity contribution in [2.45, 2.75) is 31.8 Å². The quantitative estimate of drug-likeness (QED) is 0.687. The van der Waals surface area contributed by atoms with Crippen molar-refractivity contribution in [1.82, 2.24) is 10.2 Å². The standard InChI is InChI=1S/C18H26N2O5/c1-25-16-9-13(8-14(10-16)18(23)24)17(22)19-11-15(21)12-20-6-4-2-3-5-7-20/h8-10,15,21H,2-7,11-12H2,1H3,(H,19,22)(H,23,24)/t15-/m1/s1. The van der Waals surface area contributed by atoms with E-state index in [1.807, 2.05) is 0 Å². The molecule has 1 aromatic carbocycles. The third-order valence-electron chi connectivity index (χ3n) is 4.32. The summed E-state index contributed by atoms with van der Waals surface area (Å²) < 4.78 is 5.03. The number of nitrogens with zero attached hydrogens (tertiary/aromatic N) is 1. The van der Waals surface area contributed by atoms with Crippen LogP contribution in [0.2, 0.25) is 0 Å². The van der Waals surface area contributed by atoms with Crippen LogP contribution < -0.4 is 10.1 Å². The van der Waals surface area contributed by atoms with Gasteiger partial charge in [0.05, 0.1) is 18.8 Å². The Hall–Kier alpha value is -2.12. The van der Waals surface area contributed by atoms with Crippen LogP contribution >= 0.6 is 0 Å². The fourth-order valence-corrected chi connectivity index (χ4v) is 2.97. The number of β-amino-alcohol motifs (C(OH)–C–C–N with tert-alkyl or cyclic N) is 1. The van der Waals surface area contributed by atoms with Crippen LogP contribution in [0, 0.1) is 0 Å². The van der Waals surface area contributed by atoms with E-state index >= 15 is 0 Å². The third kappa shape index (κ3) is 6.03. The van der Waals surface area contributed by atoms with E-state index in [-0.39, 0.29) is 17.7 Å². The summed E-state index contributed by atoms with van der Waals surface area (Å²) in [6, 6.07) is 4.12. The smallest absolute Gasteiger partial charge is 0.335 e. The molecular formula is C18H26N2O5. The highest BCUT2D eigenvalue weighted by molar-refractivity contribution is 5.98. The predicted molar refractivity (Wildman–Crippen MR) is 93.2 cm³/mol. The number of hydrogen-bond acceptors (Lipinski definition) is 5. The SMILES string of the molecule is COc1cc(C(=O)O)cc(C(=O)NC[C@@H](O)CN2CCCCCC2)c1. The molecule has 2 rings (SSSR count). The van der Waals surface area contributed by atoms with Gasteiger partial charge in [-0.2, -0.15) is 0 Å². The lowest BCUT2D eigenvalue weighted by molar-refractivity contribution is 0.0696. The van der Waals surface area contributed by atoms with E-state index in [0.717, 1.165) is 25.9 Å². The van der Waals surface area contributed by atoms with Crippen molar-refractivity contribution >= 4 is 11.9 Å². The van der Waals surface area contributed by atoms with Crippen LogP contribution in [0.3, 0.4) is 0 Å². The Morgan fingerprint density at radius 1 is 1.16 bits per heavy atom. The number of rotatable bonds is 7. The van der Waals surface area contributed by atoms with Crippen molar-refractivity contribution in [3.05, 3.63) is 29.3 Å². The number of nitrogens with one attached hydrogen (secondary N) is 1. The Balaban J connectivity index is 1.90. The number of aliphatic hydroxyl groups excluding tert-OH is 1. The molecule has 0 radical (unpaired) electrons. The van der Waals surface area contributed by atoms with Crippen molar-refractivity contribution in [3.8, 4) is 5.75 Å². The summed E-state index contributed by atoms with van der Waals surface area (Å²) in [6.45, 7) is 2.60. The van der Waals surface area contributed by atoms with E-state index in [1.54, 1.807) is 0 Å². The van der Waals surface area contributed by atoms with Gasteiger partial charge >= 0.3 is 5.97 Å². The molecule has 1 aliphatic rings. The first kappa shape index (κ1) is 19.2. The van der Waals surface area contributed by atoms with Crippen molar-refractivity contribution in [2.24, 2.45) is 0 Å². The summed E-state index contributed by atoms with van der Waals surface area (Å²) in [7, 11) is 1.41. The number of aliphatic hydroxyl groups is 1. The molecule has 1 fully saturated rings. The zero-order chi connectivity index (χ0) is 18.2. The van der Waals surface area contributed by atoms with E-state index in [0.29, 0.717) is 12.3 Å². The molecule has 0 bridgehead atoms. The highest BCUT2D eigenvalue weighted by Crippen LogP contribution is 2.17. The number of ether oxygens (including phenoxy) is 1. The van der Waals surface area contributed by atoms with Gasteiger partial charge in [0.25, 0.3) is 5.91 Å². The maximum Gasteiger partial charge on any atom is 0.335 e. The number of benzene rings is 1. The number of amides is 1. The number of carbonyl (C=O) groups is 2. The van der Waals surface area contributed by atoms with Crippen LogP contribution in [0.1, 0.15) is 46.4 Å². The molecule has 3 N–H and O–H groups in total. The highest BCUT2D eigenvalue weighted by atomic mass is 16.5. The molecule has 7 nitrogen and oxygen atoms in total. The normalized spacial score (nSPS) is 16.7. The molecule has 138 valence electrons. The van der Waals surface area contributed by atoms with Crippen molar-refractivity contribution in [2.75, 3.05) is 33.3 Å². The zero-order valence-corrected chi connectivity index (χ0v) is 14.5. The van der Waals surface area contributed by atoms with Gasteiger partial charge in [-0.25, -0.2) is 4.79 Å². The van der Waals surface area contributed by atoms with Crippen molar-refractivity contribution in [3.63, 3.8) is 0 Å². The minimum atomic E-state index is -1.13. The number of hydrogen-bond donors (Lipinski definition) is 3. The number of likely N-dealkylation sites (tertiary alicyclic amines) is 1. The Morgan fingerprint density at radius 3 is 2.40 bits per heavy atom. The lowest BCUT2D eigenvalue weighted by Gasteiger charge is -2.23. The van der Waals surface area contributed by atoms with Gasteiger partial charge in [0.15, 0.2) is 0 Å². The number of methoxy groups -OCH3 is 1. The van der Waals surface area contributed by atoms with Gasteiger partial charge in [-0.3, -0.25) is 4.79 Å². The first-order valence-corrected chi connectivity index (χ1v) is 8.60. The summed E-state index contributed by atoms with van der Waals surface area (Å²) >= 11 is 0. The minimum absolute atomic E-state index is 0.0189. The summed E-state index contributed by atoms with van der Waals surface area (Å²) in [6.07, 6.45) is 4.07. The van der Waals surface area contributed by atoms with Crippen LogP contribution in [-0.2, 0) is 0 Å². The van der Waals surface area contributed by atoms with E-state index in [2.05, 4.69) is 10.2 Å². The molecule has 0 aromatic heterocycles. The number of carbonyl (C=O) groups excluding carboxylic acids is 1. The monoisotopic (exact) mass is 350 g/mol. The van der Waals surface area contributed by atoms with Gasteiger partial charge in [-0.1, -0.05) is 12.8 Å². The van der Waals surface area contributed by atoms with Gasteiger partial charge in [0, 0.05) is 18.7 Å². The number of carboxylic acid groups (broad SMARTS) is 1. The van der Waals surface area contributed by atoms with Crippen LogP contribution in [-0.4, -0.2) is 66.4 Å². The van der Waals surface area contributed by atoms with Crippen LogP contribution in [0.4, 0.5) is 0 Å². The van der Waals surface area contributed by atoms with Crippen molar-refractivity contribution in [1.29, 1.82) is 0 Å². The molecule has 1 heterocycles. The summed E-state index contributed by atoms with van der Waals surface area (Å²) in [5.41, 5.74) is 0.174. The highest BCUT2D eigenvalue weighted by Gasteiger charge is 2.16. The molecule has 0 saturated carbocycles. The van der Waals surface area contributed by atoms with Crippen molar-refractivity contribution < 1.29 is 24.5 Å². The second-order valence-electron chi connectivity index (χ2n) is 6.33. The van der Waals surface area contributed by atoms with Crippen LogP contribution in [0.5, 0.6) is 5.75 Å². The largest absolute Gasteiger partial charge is 0.497 e. The molecule has 1 saturated heterocycles. The lowest BCUT2D eigenvalue weighted by Crippen LogP contribution is -2.40. The summed E-state index contributed by atoms with van der Waals surface area (Å²) in [4.78, 5) is 25.6. The topological polar surface area (TPSA) is 99.1 Å². The van der Waals surface area contributed by atoms with Gasteiger partial charge < -0.3 is 25.2 Å². The third-order valence-corrected chi connectivity index (χ3v) is 4.32. The fraction of sp³-hybridized carbons (Fsp3) is 0.556. The van der Waals surface area contributed by atoms with E-state index in [4.69, 9.17) is 9.84 Å². The van der Waals surface area contributed by atoms with E-state index in [1.165, 1.54) is 38.2 Å². The molecule has 1 amide bonds. The maximum absolute atomic E-state index is 12.3.